The number of ether oxygens (including phenoxy) is 1. The summed E-state index contributed by atoms with van der Waals surface area (Å²) in [6.45, 7) is 1.44. The molecule has 8 heteroatoms. The summed E-state index contributed by atoms with van der Waals surface area (Å²) in [6, 6.07) is 6.23. The molecular weight excluding hydrogens is 350 g/mol. The van der Waals surface area contributed by atoms with Gasteiger partial charge in [-0.25, -0.2) is 4.79 Å². The highest BCUT2D eigenvalue weighted by molar-refractivity contribution is 5.91. The van der Waals surface area contributed by atoms with Gasteiger partial charge in [-0.2, -0.15) is 26.3 Å². The minimum Gasteiger partial charge on any atom is -0.462 e. The van der Waals surface area contributed by atoms with Gasteiger partial charge < -0.3 is 4.74 Å². The summed E-state index contributed by atoms with van der Waals surface area (Å²) >= 11 is 0. The minimum atomic E-state index is -4.76. The molecule has 0 aliphatic carbocycles. The normalized spacial score (nSPS) is 12.1. The van der Waals surface area contributed by atoms with Gasteiger partial charge in [-0.05, 0) is 48.4 Å². The summed E-state index contributed by atoms with van der Waals surface area (Å²) in [5, 5.41) is 0. The van der Waals surface area contributed by atoms with Crippen LogP contribution in [0, 0.1) is 0 Å². The van der Waals surface area contributed by atoms with E-state index in [1.165, 1.54) is 13.0 Å². The highest BCUT2D eigenvalue weighted by Gasteiger charge is 2.33. The van der Waals surface area contributed by atoms with Crippen LogP contribution in [0.1, 0.15) is 28.4 Å². The summed E-state index contributed by atoms with van der Waals surface area (Å²) < 4.78 is 82.2. The van der Waals surface area contributed by atoms with Gasteiger partial charge in [0.2, 0.25) is 0 Å². The molecule has 0 N–H and O–H groups in total. The van der Waals surface area contributed by atoms with E-state index in [4.69, 9.17) is 0 Å². The highest BCUT2D eigenvalue weighted by Crippen LogP contribution is 2.36. The first-order chi connectivity index (χ1) is 11.5. The Morgan fingerprint density at radius 1 is 0.880 bits per heavy atom. The lowest BCUT2D eigenvalue weighted by Crippen LogP contribution is -2.10. The van der Waals surface area contributed by atoms with Crippen molar-refractivity contribution in [3.8, 4) is 11.1 Å². The van der Waals surface area contributed by atoms with E-state index in [1.807, 2.05) is 0 Å². The van der Waals surface area contributed by atoms with Crippen LogP contribution in [-0.4, -0.2) is 12.6 Å². The predicted molar refractivity (Wildman–Crippen MR) is 77.8 cm³/mol. The van der Waals surface area contributed by atoms with Crippen molar-refractivity contribution in [2.75, 3.05) is 6.61 Å². The number of carbonyl (C=O) groups is 1. The maximum absolute atomic E-state index is 13.0. The number of halogens is 6. The Labute approximate surface area is 139 Å². The van der Waals surface area contributed by atoms with Gasteiger partial charge in [0.1, 0.15) is 0 Å². The third-order valence-electron chi connectivity index (χ3n) is 3.29. The van der Waals surface area contributed by atoms with E-state index in [0.29, 0.717) is 12.1 Å². The molecule has 0 heterocycles. The van der Waals surface area contributed by atoms with Crippen molar-refractivity contribution >= 4 is 5.97 Å². The van der Waals surface area contributed by atoms with Crippen LogP contribution in [0.2, 0.25) is 0 Å². The lowest BCUT2D eigenvalue weighted by Gasteiger charge is -2.13. The summed E-state index contributed by atoms with van der Waals surface area (Å²) in [7, 11) is 0. The molecule has 0 fully saturated rings. The number of esters is 1. The molecule has 0 amide bonds. The first kappa shape index (κ1) is 18.8. The maximum atomic E-state index is 13.0. The van der Waals surface area contributed by atoms with Crippen LogP contribution >= 0.6 is 0 Å². The molecule has 0 aliphatic rings. The summed E-state index contributed by atoms with van der Waals surface area (Å²) in [5.41, 5.74) is -2.79. The van der Waals surface area contributed by atoms with Crippen LogP contribution in [0.15, 0.2) is 42.5 Å². The molecule has 2 aromatic rings. The monoisotopic (exact) mass is 362 g/mol. The van der Waals surface area contributed by atoms with Gasteiger partial charge >= 0.3 is 18.3 Å². The first-order valence-corrected chi connectivity index (χ1v) is 7.09. The van der Waals surface area contributed by atoms with Crippen LogP contribution < -0.4 is 0 Å². The number of benzene rings is 2. The van der Waals surface area contributed by atoms with E-state index in [-0.39, 0.29) is 23.3 Å². The van der Waals surface area contributed by atoms with Crippen LogP contribution in [0.25, 0.3) is 11.1 Å². The lowest BCUT2D eigenvalue weighted by molar-refractivity contribution is -0.138. The van der Waals surface area contributed by atoms with Crippen molar-refractivity contribution in [2.24, 2.45) is 0 Å². The SMILES string of the molecule is CCOC(=O)c1cc(-c2cccc(C(F)(F)F)c2)cc(C(F)(F)F)c1. The van der Waals surface area contributed by atoms with Crippen molar-refractivity contribution in [2.45, 2.75) is 19.3 Å². The van der Waals surface area contributed by atoms with Gasteiger partial charge in [0.15, 0.2) is 0 Å². The molecule has 0 aliphatic heterocycles. The Morgan fingerprint density at radius 2 is 1.48 bits per heavy atom. The molecule has 2 aromatic carbocycles. The summed E-state index contributed by atoms with van der Waals surface area (Å²) in [5.74, 6) is -0.984. The molecule has 134 valence electrons. The van der Waals surface area contributed by atoms with E-state index in [2.05, 4.69) is 4.74 Å². The van der Waals surface area contributed by atoms with Gasteiger partial charge in [-0.3, -0.25) is 0 Å². The third kappa shape index (κ3) is 4.52. The molecule has 0 unspecified atom stereocenters. The van der Waals surface area contributed by atoms with Crippen LogP contribution in [0.4, 0.5) is 26.3 Å². The fraction of sp³-hybridized carbons (Fsp3) is 0.235. The molecule has 2 rings (SSSR count). The van der Waals surface area contributed by atoms with Crippen LogP contribution in [0.3, 0.4) is 0 Å². The summed E-state index contributed by atoms with van der Waals surface area (Å²) in [6.07, 6.45) is -9.40. The number of alkyl halides is 6. The maximum Gasteiger partial charge on any atom is 0.416 e. The van der Waals surface area contributed by atoms with Crippen molar-refractivity contribution in [1.29, 1.82) is 0 Å². The van der Waals surface area contributed by atoms with E-state index < -0.39 is 29.4 Å². The Hall–Kier alpha value is -2.51. The smallest absolute Gasteiger partial charge is 0.416 e. The Balaban J connectivity index is 2.61. The molecule has 0 atom stereocenters. The number of carbonyl (C=O) groups excluding carboxylic acids is 1. The zero-order valence-electron chi connectivity index (χ0n) is 12.8. The highest BCUT2D eigenvalue weighted by atomic mass is 19.4. The Bertz CT molecular complexity index is 777. The van der Waals surface area contributed by atoms with Crippen molar-refractivity contribution in [1.82, 2.24) is 0 Å². The van der Waals surface area contributed by atoms with E-state index in [0.717, 1.165) is 24.3 Å². The van der Waals surface area contributed by atoms with Crippen molar-refractivity contribution in [3.05, 3.63) is 59.2 Å². The quantitative estimate of drug-likeness (QED) is 0.527. The second-order valence-corrected chi connectivity index (χ2v) is 5.10. The second-order valence-electron chi connectivity index (χ2n) is 5.10. The Kier molecular flexibility index (Phi) is 5.10. The second kappa shape index (κ2) is 6.78. The van der Waals surface area contributed by atoms with E-state index in [9.17, 15) is 31.1 Å². The molecule has 0 bridgehead atoms. The average Bonchev–Trinajstić information content (AvgIpc) is 2.53. The Morgan fingerprint density at radius 3 is 2.04 bits per heavy atom. The molecule has 2 nitrogen and oxygen atoms in total. The molecule has 0 spiro atoms. The largest absolute Gasteiger partial charge is 0.462 e. The topological polar surface area (TPSA) is 26.3 Å². The molecule has 0 saturated carbocycles. The van der Waals surface area contributed by atoms with Crippen molar-refractivity contribution < 1.29 is 35.9 Å². The predicted octanol–water partition coefficient (Wildman–Crippen LogP) is 5.57. The van der Waals surface area contributed by atoms with Crippen molar-refractivity contribution in [3.63, 3.8) is 0 Å². The van der Waals surface area contributed by atoms with Crippen LogP contribution in [-0.2, 0) is 17.1 Å². The zero-order chi connectivity index (χ0) is 18.8. The van der Waals surface area contributed by atoms with E-state index in [1.54, 1.807) is 0 Å². The van der Waals surface area contributed by atoms with Gasteiger partial charge in [0.05, 0.1) is 23.3 Å². The fourth-order valence-corrected chi connectivity index (χ4v) is 2.17. The minimum absolute atomic E-state index is 0.0476. The average molecular weight is 362 g/mol. The van der Waals surface area contributed by atoms with E-state index >= 15 is 0 Å². The zero-order valence-corrected chi connectivity index (χ0v) is 12.8. The molecule has 25 heavy (non-hydrogen) atoms. The summed E-state index contributed by atoms with van der Waals surface area (Å²) in [4.78, 5) is 11.8. The third-order valence-corrected chi connectivity index (χ3v) is 3.29. The molecule has 0 saturated heterocycles. The first-order valence-electron chi connectivity index (χ1n) is 7.09. The molecular formula is C17H12F6O2. The van der Waals surface area contributed by atoms with Gasteiger partial charge in [0, 0.05) is 0 Å². The molecule has 0 aromatic heterocycles. The lowest BCUT2D eigenvalue weighted by atomic mass is 9.98. The number of hydrogen-bond acceptors (Lipinski definition) is 2. The fourth-order valence-electron chi connectivity index (χ4n) is 2.17. The van der Waals surface area contributed by atoms with Gasteiger partial charge in [-0.15, -0.1) is 0 Å². The number of rotatable bonds is 3. The van der Waals surface area contributed by atoms with Crippen LogP contribution in [0.5, 0.6) is 0 Å². The molecule has 0 radical (unpaired) electrons. The standard InChI is InChI=1S/C17H12F6O2/c1-2-25-15(24)12-6-11(8-14(9-12)17(21,22)23)10-4-3-5-13(7-10)16(18,19)20/h3-9H,2H2,1H3. The van der Waals surface area contributed by atoms with Gasteiger partial charge in [-0.1, -0.05) is 12.1 Å². The van der Waals surface area contributed by atoms with Gasteiger partial charge in [0.25, 0.3) is 0 Å². The number of hydrogen-bond donors (Lipinski definition) is 0.